The molecule has 190 valence electrons. The monoisotopic (exact) mass is 500 g/mol. The van der Waals surface area contributed by atoms with Crippen LogP contribution in [0.2, 0.25) is 0 Å². The maximum absolute atomic E-state index is 11.6. The van der Waals surface area contributed by atoms with Gasteiger partial charge in [0.1, 0.15) is 17.5 Å². The number of hydrogen-bond donors (Lipinski definition) is 1. The van der Waals surface area contributed by atoms with Crippen molar-refractivity contribution in [3.05, 3.63) is 53.6 Å². The molecule has 1 aromatic carbocycles. The van der Waals surface area contributed by atoms with Gasteiger partial charge in [0, 0.05) is 60.5 Å². The molecule has 2 aliphatic heterocycles. The topological polar surface area (TPSA) is 122 Å². The normalized spacial score (nSPS) is 16.9. The fourth-order valence-electron chi connectivity index (χ4n) is 5.51. The molecular formula is C26H28N8O3. The Morgan fingerprint density at radius 3 is 2.57 bits per heavy atom. The summed E-state index contributed by atoms with van der Waals surface area (Å²) < 4.78 is 11.1. The third kappa shape index (κ3) is 4.00. The molecule has 6 rings (SSSR count). The zero-order valence-electron chi connectivity index (χ0n) is 21.2. The number of nitrogens with zero attached hydrogens (tertiary/aromatic N) is 7. The SMILES string of the molecule is COC(=O)N1CC2(C1)CN(c1ncc(-c3n[nH]c4ccc(OC(C)c5c(C)cnnc5C)cc34)cn1)C2. The molecule has 0 saturated carbocycles. The molecule has 2 fully saturated rings. The number of amides is 1. The molecule has 1 spiro atoms. The van der Waals surface area contributed by atoms with Crippen LogP contribution in [0.25, 0.3) is 22.2 Å². The number of ether oxygens (including phenoxy) is 2. The number of benzene rings is 1. The van der Waals surface area contributed by atoms with Gasteiger partial charge in [0.2, 0.25) is 5.95 Å². The number of aromatic nitrogens is 6. The Kier molecular flexibility index (Phi) is 5.43. The first kappa shape index (κ1) is 23.1. The maximum atomic E-state index is 11.6. The van der Waals surface area contributed by atoms with Gasteiger partial charge in [-0.2, -0.15) is 15.3 Å². The van der Waals surface area contributed by atoms with Gasteiger partial charge in [-0.3, -0.25) is 5.10 Å². The van der Waals surface area contributed by atoms with Crippen LogP contribution in [0.5, 0.6) is 5.75 Å². The van der Waals surface area contributed by atoms with Gasteiger partial charge in [0.15, 0.2) is 0 Å². The molecule has 1 N–H and O–H groups in total. The number of hydrogen-bond acceptors (Lipinski definition) is 9. The highest BCUT2D eigenvalue weighted by molar-refractivity contribution is 5.93. The third-order valence-corrected chi connectivity index (χ3v) is 7.26. The summed E-state index contributed by atoms with van der Waals surface area (Å²) in [5.74, 6) is 1.42. The van der Waals surface area contributed by atoms with Crippen molar-refractivity contribution in [2.75, 3.05) is 38.2 Å². The Labute approximate surface area is 213 Å². The summed E-state index contributed by atoms with van der Waals surface area (Å²) in [6.45, 7) is 9.06. The summed E-state index contributed by atoms with van der Waals surface area (Å²) in [4.78, 5) is 24.7. The number of aryl methyl sites for hydroxylation is 2. The molecule has 0 radical (unpaired) electrons. The van der Waals surface area contributed by atoms with Crippen LogP contribution in [0, 0.1) is 19.3 Å². The highest BCUT2D eigenvalue weighted by Gasteiger charge is 2.54. The fourth-order valence-corrected chi connectivity index (χ4v) is 5.51. The summed E-state index contributed by atoms with van der Waals surface area (Å²) in [6, 6.07) is 5.88. The van der Waals surface area contributed by atoms with Crippen molar-refractivity contribution in [3.63, 3.8) is 0 Å². The molecule has 11 nitrogen and oxygen atoms in total. The Balaban J connectivity index is 1.16. The van der Waals surface area contributed by atoms with Crippen molar-refractivity contribution < 1.29 is 14.3 Å². The lowest BCUT2D eigenvalue weighted by Gasteiger charge is -2.59. The summed E-state index contributed by atoms with van der Waals surface area (Å²) in [5.41, 5.74) is 5.58. The highest BCUT2D eigenvalue weighted by Crippen LogP contribution is 2.41. The largest absolute Gasteiger partial charge is 0.486 e. The maximum Gasteiger partial charge on any atom is 0.409 e. The molecule has 1 amide bonds. The van der Waals surface area contributed by atoms with E-state index in [0.717, 1.165) is 57.8 Å². The predicted octanol–water partition coefficient (Wildman–Crippen LogP) is 3.46. The standard InChI is InChI=1S/C26H28N8O3/c1-15-8-29-30-16(2)22(15)17(3)37-19-5-6-21-20(7-19)23(32-31-21)18-9-27-24(28-10-18)33-11-26(12-33)13-34(14-26)25(35)36-4/h5-10,17H,11-14H2,1-4H3,(H,31,32). The molecule has 3 aromatic heterocycles. The molecule has 37 heavy (non-hydrogen) atoms. The van der Waals surface area contributed by atoms with Gasteiger partial charge in [0.05, 0.1) is 24.5 Å². The van der Waals surface area contributed by atoms with Gasteiger partial charge in [-0.25, -0.2) is 14.8 Å². The van der Waals surface area contributed by atoms with E-state index in [-0.39, 0.29) is 17.6 Å². The molecule has 2 aliphatic rings. The van der Waals surface area contributed by atoms with Crippen LogP contribution < -0.4 is 9.64 Å². The van der Waals surface area contributed by atoms with E-state index < -0.39 is 0 Å². The number of nitrogens with one attached hydrogen (secondary N) is 1. The minimum Gasteiger partial charge on any atom is -0.486 e. The van der Waals surface area contributed by atoms with Gasteiger partial charge in [-0.15, -0.1) is 0 Å². The molecule has 1 atom stereocenters. The van der Waals surface area contributed by atoms with E-state index in [1.165, 1.54) is 7.11 Å². The molecule has 1 unspecified atom stereocenters. The van der Waals surface area contributed by atoms with Crippen LogP contribution in [0.1, 0.15) is 29.8 Å². The minimum absolute atomic E-state index is 0.131. The Hall–Kier alpha value is -4.28. The van der Waals surface area contributed by atoms with Crippen LogP contribution in [-0.4, -0.2) is 74.6 Å². The Bertz CT molecular complexity index is 1450. The van der Waals surface area contributed by atoms with E-state index in [4.69, 9.17) is 9.47 Å². The summed E-state index contributed by atoms with van der Waals surface area (Å²) in [7, 11) is 1.41. The van der Waals surface area contributed by atoms with Crippen molar-refractivity contribution in [1.29, 1.82) is 0 Å². The zero-order chi connectivity index (χ0) is 25.7. The van der Waals surface area contributed by atoms with Crippen LogP contribution >= 0.6 is 0 Å². The lowest BCUT2D eigenvalue weighted by Crippen LogP contribution is -2.73. The highest BCUT2D eigenvalue weighted by atomic mass is 16.5. The number of aromatic amines is 1. The molecule has 0 aliphatic carbocycles. The molecule has 4 aromatic rings. The number of H-pyrrole nitrogens is 1. The van der Waals surface area contributed by atoms with Gasteiger partial charge < -0.3 is 19.3 Å². The number of rotatable bonds is 5. The Morgan fingerprint density at radius 2 is 1.86 bits per heavy atom. The van der Waals surface area contributed by atoms with E-state index in [1.807, 2.05) is 39.0 Å². The number of likely N-dealkylation sites (tertiary alicyclic amines) is 1. The first-order valence-corrected chi connectivity index (χ1v) is 12.2. The Morgan fingerprint density at radius 1 is 1.11 bits per heavy atom. The molecule has 0 bridgehead atoms. The number of carbonyl (C=O) groups excluding carboxylic acids is 1. The van der Waals surface area contributed by atoms with Gasteiger partial charge >= 0.3 is 6.09 Å². The van der Waals surface area contributed by atoms with E-state index in [1.54, 1.807) is 23.5 Å². The number of methoxy groups -OCH3 is 1. The molecular weight excluding hydrogens is 472 g/mol. The van der Waals surface area contributed by atoms with Crippen molar-refractivity contribution >= 4 is 22.9 Å². The van der Waals surface area contributed by atoms with Crippen molar-refractivity contribution in [2.45, 2.75) is 26.9 Å². The smallest absolute Gasteiger partial charge is 0.409 e. The predicted molar refractivity (Wildman–Crippen MR) is 136 cm³/mol. The van der Waals surface area contributed by atoms with Crippen molar-refractivity contribution in [3.8, 4) is 17.0 Å². The van der Waals surface area contributed by atoms with Crippen molar-refractivity contribution in [1.82, 2.24) is 35.3 Å². The summed E-state index contributed by atoms with van der Waals surface area (Å²) in [5, 5.41) is 16.7. The first-order valence-electron chi connectivity index (χ1n) is 12.2. The van der Waals surface area contributed by atoms with Crippen LogP contribution in [0.3, 0.4) is 0 Å². The van der Waals surface area contributed by atoms with E-state index in [2.05, 4.69) is 35.3 Å². The summed E-state index contributed by atoms with van der Waals surface area (Å²) in [6.07, 6.45) is 4.91. The van der Waals surface area contributed by atoms with Crippen LogP contribution in [-0.2, 0) is 4.74 Å². The molecule has 5 heterocycles. The third-order valence-electron chi connectivity index (χ3n) is 7.26. The second kappa shape index (κ2) is 8.68. The van der Waals surface area contributed by atoms with Crippen molar-refractivity contribution in [2.24, 2.45) is 5.41 Å². The lowest BCUT2D eigenvalue weighted by atomic mass is 9.73. The summed E-state index contributed by atoms with van der Waals surface area (Å²) >= 11 is 0. The fraction of sp³-hybridized carbons (Fsp3) is 0.385. The second-order valence-electron chi connectivity index (χ2n) is 10.0. The lowest BCUT2D eigenvalue weighted by molar-refractivity contribution is -0.0156. The zero-order valence-corrected chi connectivity index (χ0v) is 21.2. The van der Waals surface area contributed by atoms with Gasteiger partial charge in [-0.1, -0.05) is 0 Å². The van der Waals surface area contributed by atoms with E-state index in [9.17, 15) is 4.79 Å². The second-order valence-corrected chi connectivity index (χ2v) is 10.0. The number of fused-ring (bicyclic) bond motifs is 1. The van der Waals surface area contributed by atoms with Gasteiger partial charge in [0.25, 0.3) is 0 Å². The molecule has 2 saturated heterocycles. The number of carbonyl (C=O) groups is 1. The average molecular weight is 501 g/mol. The van der Waals surface area contributed by atoms with Crippen LogP contribution in [0.15, 0.2) is 36.8 Å². The average Bonchev–Trinajstić information content (AvgIpc) is 3.25. The van der Waals surface area contributed by atoms with Crippen LogP contribution in [0.4, 0.5) is 10.7 Å². The quantitative estimate of drug-likeness (QED) is 0.439. The number of anilines is 1. The van der Waals surface area contributed by atoms with E-state index >= 15 is 0 Å². The minimum atomic E-state index is -0.265. The molecule has 11 heteroatoms. The van der Waals surface area contributed by atoms with E-state index in [0.29, 0.717) is 19.0 Å². The van der Waals surface area contributed by atoms with Gasteiger partial charge in [-0.05, 0) is 44.5 Å². The first-order chi connectivity index (χ1) is 17.9.